The van der Waals surface area contributed by atoms with Gasteiger partial charge in [-0.05, 0) is 13.0 Å². The van der Waals surface area contributed by atoms with E-state index in [0.29, 0.717) is 30.7 Å². The summed E-state index contributed by atoms with van der Waals surface area (Å²) in [5, 5.41) is 0. The fourth-order valence-electron chi connectivity index (χ4n) is 2.35. The molecule has 0 unspecified atom stereocenters. The number of aryl methyl sites for hydroxylation is 1. The molecule has 0 atom stereocenters. The van der Waals surface area contributed by atoms with Gasteiger partial charge in [0, 0.05) is 31.8 Å². The third kappa shape index (κ3) is 4.87. The van der Waals surface area contributed by atoms with Crippen molar-refractivity contribution in [2.45, 2.75) is 26.8 Å². The highest BCUT2D eigenvalue weighted by atomic mass is 35.5. The largest absolute Gasteiger partial charge is 1.00 e. The van der Waals surface area contributed by atoms with Gasteiger partial charge < -0.3 is 22.9 Å². The Hall–Kier alpha value is -2.25. The van der Waals surface area contributed by atoms with Crippen LogP contribution in [-0.2, 0) is 13.0 Å². The van der Waals surface area contributed by atoms with Crippen LogP contribution in [-0.4, -0.2) is 21.6 Å². The van der Waals surface area contributed by atoms with Crippen LogP contribution >= 0.6 is 11.3 Å². The molecule has 0 saturated carbocycles. The predicted octanol–water partition coefficient (Wildman–Crippen LogP) is -0.907. The summed E-state index contributed by atoms with van der Waals surface area (Å²) in [6.45, 7) is 5.23. The molecule has 0 fully saturated rings. The van der Waals surface area contributed by atoms with E-state index >= 15 is 0 Å². The highest BCUT2D eigenvalue weighted by molar-refractivity contribution is 7.09. The SMILES string of the molecule is Cc1ncc(C[n+]2csc(CCOc3ccccn3)c2C)c(N)n1.[Cl-]. The first kappa shape index (κ1) is 19.1. The molecule has 0 aliphatic rings. The van der Waals surface area contributed by atoms with Crippen molar-refractivity contribution in [2.75, 3.05) is 12.3 Å². The molecule has 0 aliphatic heterocycles. The van der Waals surface area contributed by atoms with Crippen molar-refractivity contribution in [1.29, 1.82) is 0 Å². The molecule has 25 heavy (non-hydrogen) atoms. The number of hydrogen-bond donors (Lipinski definition) is 1. The number of nitrogens with two attached hydrogens (primary N) is 1. The molecule has 0 spiro atoms. The summed E-state index contributed by atoms with van der Waals surface area (Å²) >= 11 is 1.72. The molecule has 2 N–H and O–H groups in total. The minimum Gasteiger partial charge on any atom is -1.00 e. The van der Waals surface area contributed by atoms with Crippen LogP contribution in [0.3, 0.4) is 0 Å². The average Bonchev–Trinajstić information content (AvgIpc) is 2.92. The van der Waals surface area contributed by atoms with Gasteiger partial charge in [-0.25, -0.2) is 15.0 Å². The maximum absolute atomic E-state index is 5.98. The number of anilines is 1. The Bertz CT molecular complexity index is 825. The normalized spacial score (nSPS) is 10.3. The molecule has 0 radical (unpaired) electrons. The van der Waals surface area contributed by atoms with Gasteiger partial charge in [-0.3, -0.25) is 0 Å². The number of pyridine rings is 1. The van der Waals surface area contributed by atoms with Crippen LogP contribution in [0.15, 0.2) is 36.1 Å². The standard InChI is InChI=1S/C17H20N5OS.ClH/c1-12-15(6-8-23-16-5-3-4-7-19-16)24-11-22(12)10-14-9-20-13(2)21-17(14)18;/h3-5,7,9,11H,6,8,10H2,1-2H3,(H2,18,20,21);1H/q+1;/p-1. The number of ether oxygens (including phenoxy) is 1. The van der Waals surface area contributed by atoms with Crippen LogP contribution in [0.4, 0.5) is 5.82 Å². The monoisotopic (exact) mass is 377 g/mol. The quantitative estimate of drug-likeness (QED) is 0.563. The lowest BCUT2D eigenvalue weighted by Crippen LogP contribution is -3.00. The average molecular weight is 378 g/mol. The number of rotatable bonds is 6. The number of hydrogen-bond acceptors (Lipinski definition) is 6. The van der Waals surface area contributed by atoms with Crippen LogP contribution in [0.1, 0.15) is 22.0 Å². The van der Waals surface area contributed by atoms with E-state index in [1.807, 2.05) is 25.1 Å². The Morgan fingerprint density at radius 1 is 1.24 bits per heavy atom. The van der Waals surface area contributed by atoms with Crippen LogP contribution in [0, 0.1) is 13.8 Å². The Morgan fingerprint density at radius 2 is 2.08 bits per heavy atom. The van der Waals surface area contributed by atoms with Gasteiger partial charge in [-0.2, -0.15) is 4.57 Å². The molecule has 0 aliphatic carbocycles. The van der Waals surface area contributed by atoms with Gasteiger partial charge >= 0.3 is 0 Å². The molecule has 0 amide bonds. The number of nitrogen functional groups attached to an aromatic ring is 1. The van der Waals surface area contributed by atoms with Gasteiger partial charge in [0.2, 0.25) is 11.4 Å². The molecule has 8 heteroatoms. The minimum atomic E-state index is 0. The van der Waals surface area contributed by atoms with E-state index in [-0.39, 0.29) is 12.4 Å². The highest BCUT2D eigenvalue weighted by Crippen LogP contribution is 2.15. The van der Waals surface area contributed by atoms with Crippen molar-refractivity contribution in [3.05, 3.63) is 58.1 Å². The first-order valence-corrected chi connectivity index (χ1v) is 8.59. The van der Waals surface area contributed by atoms with Gasteiger partial charge in [0.15, 0.2) is 12.2 Å². The Kier molecular flexibility index (Phi) is 6.66. The zero-order valence-electron chi connectivity index (χ0n) is 14.1. The third-order valence-electron chi connectivity index (χ3n) is 3.73. The molecule has 0 bridgehead atoms. The lowest BCUT2D eigenvalue weighted by Gasteiger charge is -2.03. The summed E-state index contributed by atoms with van der Waals surface area (Å²) in [6, 6.07) is 5.65. The number of nitrogens with zero attached hydrogens (tertiary/aromatic N) is 4. The maximum Gasteiger partial charge on any atom is 0.225 e. The summed E-state index contributed by atoms with van der Waals surface area (Å²) < 4.78 is 7.84. The van der Waals surface area contributed by atoms with Gasteiger partial charge in [0.25, 0.3) is 0 Å². The van der Waals surface area contributed by atoms with Crippen LogP contribution in [0.5, 0.6) is 5.88 Å². The first-order chi connectivity index (χ1) is 11.6. The van der Waals surface area contributed by atoms with Crippen molar-refractivity contribution in [3.8, 4) is 5.88 Å². The molecule has 0 aromatic carbocycles. The Balaban J connectivity index is 0.00000225. The number of thiazole rings is 1. The number of aromatic nitrogens is 4. The van der Waals surface area contributed by atoms with Crippen LogP contribution in [0.25, 0.3) is 0 Å². The van der Waals surface area contributed by atoms with E-state index in [0.717, 1.165) is 12.0 Å². The van der Waals surface area contributed by atoms with Crippen molar-refractivity contribution >= 4 is 17.2 Å². The topological polar surface area (TPSA) is 77.8 Å². The molecular weight excluding hydrogens is 358 g/mol. The smallest absolute Gasteiger partial charge is 0.225 e. The molecule has 3 aromatic rings. The summed E-state index contributed by atoms with van der Waals surface area (Å²) in [4.78, 5) is 13.9. The number of halogens is 1. The van der Waals surface area contributed by atoms with E-state index in [9.17, 15) is 0 Å². The lowest BCUT2D eigenvalue weighted by atomic mass is 10.2. The fraction of sp³-hybridized carbons (Fsp3) is 0.294. The van der Waals surface area contributed by atoms with E-state index in [1.165, 1.54) is 10.6 Å². The molecule has 6 nitrogen and oxygen atoms in total. The summed E-state index contributed by atoms with van der Waals surface area (Å²) in [6.07, 6.45) is 4.37. The second-order valence-corrected chi connectivity index (χ2v) is 6.39. The second kappa shape index (κ2) is 8.73. The molecule has 132 valence electrons. The van der Waals surface area contributed by atoms with Gasteiger partial charge in [0.05, 0.1) is 17.0 Å². The summed E-state index contributed by atoms with van der Waals surface area (Å²) in [5.41, 5.74) is 10.2. The summed E-state index contributed by atoms with van der Waals surface area (Å²) in [7, 11) is 0. The molecule has 3 heterocycles. The van der Waals surface area contributed by atoms with Gasteiger partial charge in [0.1, 0.15) is 11.6 Å². The summed E-state index contributed by atoms with van der Waals surface area (Å²) in [5.74, 6) is 1.89. The lowest BCUT2D eigenvalue weighted by molar-refractivity contribution is -0.689. The van der Waals surface area contributed by atoms with Gasteiger partial charge in [-0.15, -0.1) is 0 Å². The van der Waals surface area contributed by atoms with Crippen molar-refractivity contribution in [1.82, 2.24) is 15.0 Å². The van der Waals surface area contributed by atoms with Crippen molar-refractivity contribution in [2.24, 2.45) is 0 Å². The third-order valence-corrected chi connectivity index (χ3v) is 4.88. The van der Waals surface area contributed by atoms with Crippen LogP contribution < -0.4 is 27.4 Å². The zero-order valence-corrected chi connectivity index (χ0v) is 15.7. The maximum atomic E-state index is 5.98. The van der Waals surface area contributed by atoms with E-state index in [2.05, 4.69) is 32.0 Å². The molecule has 3 aromatic heterocycles. The second-order valence-electron chi connectivity index (χ2n) is 5.45. The molecular formula is C17H20ClN5OS. The first-order valence-electron chi connectivity index (χ1n) is 7.71. The van der Waals surface area contributed by atoms with Gasteiger partial charge in [-0.1, -0.05) is 17.4 Å². The Labute approximate surface area is 157 Å². The van der Waals surface area contributed by atoms with E-state index < -0.39 is 0 Å². The van der Waals surface area contributed by atoms with E-state index in [1.54, 1.807) is 23.7 Å². The van der Waals surface area contributed by atoms with E-state index in [4.69, 9.17) is 10.5 Å². The predicted molar refractivity (Wildman–Crippen MR) is 93.0 cm³/mol. The Morgan fingerprint density at radius 3 is 2.80 bits per heavy atom. The highest BCUT2D eigenvalue weighted by Gasteiger charge is 2.17. The van der Waals surface area contributed by atoms with Crippen molar-refractivity contribution in [3.63, 3.8) is 0 Å². The van der Waals surface area contributed by atoms with Crippen LogP contribution in [0.2, 0.25) is 0 Å². The molecule has 3 rings (SSSR count). The van der Waals surface area contributed by atoms with Crippen molar-refractivity contribution < 1.29 is 21.7 Å². The fourth-order valence-corrected chi connectivity index (χ4v) is 3.32. The zero-order chi connectivity index (χ0) is 16.9. The molecule has 0 saturated heterocycles. The minimum absolute atomic E-state index is 0.